The molecule has 1 heterocycles. The van der Waals surface area contributed by atoms with Crippen LogP contribution < -0.4 is 0 Å². The molecule has 1 unspecified atom stereocenters. The molecule has 0 spiro atoms. The second-order valence-corrected chi connectivity index (χ2v) is 7.61. The average Bonchev–Trinajstić information content (AvgIpc) is 2.92. The lowest BCUT2D eigenvalue weighted by Crippen LogP contribution is -2.54. The minimum absolute atomic E-state index is 0.212. The number of carbonyl (C=O) groups is 1. The Bertz CT molecular complexity index is 423. The summed E-state index contributed by atoms with van der Waals surface area (Å²) in [6.45, 7) is 3.47. The van der Waals surface area contributed by atoms with Gasteiger partial charge in [-0.3, -0.25) is 9.69 Å². The zero-order chi connectivity index (χ0) is 14.0. The molecular formula is C12H22N2O4S. The Morgan fingerprint density at radius 2 is 1.68 bits per heavy atom. The van der Waals surface area contributed by atoms with Gasteiger partial charge >= 0.3 is 5.97 Å². The SMILES string of the molecule is CC(C(=O)O)N1CCN(S(=O)(=O)C2CCCC2)CC1. The Morgan fingerprint density at radius 1 is 1.16 bits per heavy atom. The van der Waals surface area contributed by atoms with E-state index < -0.39 is 22.0 Å². The van der Waals surface area contributed by atoms with Crippen LogP contribution in [0.1, 0.15) is 32.6 Å². The molecule has 1 saturated carbocycles. The normalized spacial score (nSPS) is 25.5. The number of rotatable bonds is 4. The van der Waals surface area contributed by atoms with Crippen LogP contribution in [0.3, 0.4) is 0 Å². The third-order valence-corrected chi connectivity index (χ3v) is 6.66. The van der Waals surface area contributed by atoms with Crippen LogP contribution in [0.5, 0.6) is 0 Å². The summed E-state index contributed by atoms with van der Waals surface area (Å²) in [6, 6.07) is -0.545. The fourth-order valence-electron chi connectivity index (χ4n) is 2.90. The van der Waals surface area contributed by atoms with Gasteiger partial charge in [0, 0.05) is 26.2 Å². The molecule has 0 bridgehead atoms. The number of aliphatic carboxylic acids is 1. The fourth-order valence-corrected chi connectivity index (χ4v) is 4.92. The molecule has 19 heavy (non-hydrogen) atoms. The molecule has 2 aliphatic rings. The van der Waals surface area contributed by atoms with Crippen LogP contribution >= 0.6 is 0 Å². The first-order valence-electron chi connectivity index (χ1n) is 6.88. The molecule has 0 aromatic rings. The predicted octanol–water partition coefficient (Wildman–Crippen LogP) is 0.350. The van der Waals surface area contributed by atoms with Gasteiger partial charge in [0.05, 0.1) is 5.25 Å². The Hall–Kier alpha value is -0.660. The number of nitrogens with zero attached hydrogens (tertiary/aromatic N) is 2. The Labute approximate surface area is 114 Å². The molecule has 0 amide bonds. The van der Waals surface area contributed by atoms with Gasteiger partial charge in [-0.2, -0.15) is 4.31 Å². The second kappa shape index (κ2) is 5.76. The summed E-state index contributed by atoms with van der Waals surface area (Å²) in [5, 5.41) is 8.75. The summed E-state index contributed by atoms with van der Waals surface area (Å²) in [4.78, 5) is 12.7. The number of piperazine rings is 1. The van der Waals surface area contributed by atoms with Crippen LogP contribution in [-0.2, 0) is 14.8 Å². The van der Waals surface area contributed by atoms with E-state index >= 15 is 0 Å². The van der Waals surface area contributed by atoms with Crippen molar-refractivity contribution in [2.45, 2.75) is 43.9 Å². The quantitative estimate of drug-likeness (QED) is 0.808. The van der Waals surface area contributed by atoms with Crippen molar-refractivity contribution < 1.29 is 18.3 Å². The summed E-state index contributed by atoms with van der Waals surface area (Å²) in [5.74, 6) is -0.855. The minimum atomic E-state index is -3.17. The van der Waals surface area contributed by atoms with E-state index in [1.54, 1.807) is 11.2 Å². The van der Waals surface area contributed by atoms with Gasteiger partial charge in [-0.05, 0) is 19.8 Å². The van der Waals surface area contributed by atoms with Crippen LogP contribution in [0.25, 0.3) is 0 Å². The molecule has 0 aromatic heterocycles. The van der Waals surface area contributed by atoms with E-state index in [4.69, 9.17) is 5.11 Å². The first-order valence-corrected chi connectivity index (χ1v) is 8.39. The molecule has 1 N–H and O–H groups in total. The van der Waals surface area contributed by atoms with Gasteiger partial charge in [-0.15, -0.1) is 0 Å². The first-order chi connectivity index (χ1) is 8.93. The van der Waals surface area contributed by atoms with Gasteiger partial charge in [0.1, 0.15) is 6.04 Å². The molecule has 1 atom stereocenters. The van der Waals surface area contributed by atoms with E-state index in [0.29, 0.717) is 26.2 Å². The fraction of sp³-hybridized carbons (Fsp3) is 0.917. The lowest BCUT2D eigenvalue weighted by Gasteiger charge is -2.36. The number of carboxylic acids is 1. The zero-order valence-corrected chi connectivity index (χ0v) is 12.1. The lowest BCUT2D eigenvalue weighted by atomic mass is 10.2. The molecule has 1 aliphatic carbocycles. The van der Waals surface area contributed by atoms with Crippen molar-refractivity contribution in [2.24, 2.45) is 0 Å². The van der Waals surface area contributed by atoms with Crippen molar-refractivity contribution in [2.75, 3.05) is 26.2 Å². The molecule has 2 rings (SSSR count). The molecule has 110 valence electrons. The minimum Gasteiger partial charge on any atom is -0.480 e. The summed E-state index contributed by atoms with van der Waals surface area (Å²) in [7, 11) is -3.17. The smallest absolute Gasteiger partial charge is 0.320 e. The van der Waals surface area contributed by atoms with E-state index in [1.165, 1.54) is 0 Å². The first kappa shape index (κ1) is 14.7. The molecule has 0 radical (unpaired) electrons. The van der Waals surface area contributed by atoms with Crippen molar-refractivity contribution >= 4 is 16.0 Å². The van der Waals surface area contributed by atoms with Crippen molar-refractivity contribution in [3.05, 3.63) is 0 Å². The van der Waals surface area contributed by atoms with Gasteiger partial charge in [-0.1, -0.05) is 12.8 Å². The zero-order valence-electron chi connectivity index (χ0n) is 11.3. The number of sulfonamides is 1. The summed E-state index contributed by atoms with van der Waals surface area (Å²) >= 11 is 0. The number of hydrogen-bond donors (Lipinski definition) is 1. The monoisotopic (exact) mass is 290 g/mol. The molecule has 1 saturated heterocycles. The van der Waals surface area contributed by atoms with Crippen molar-refractivity contribution in [1.29, 1.82) is 0 Å². The highest BCUT2D eigenvalue weighted by atomic mass is 32.2. The highest BCUT2D eigenvalue weighted by Gasteiger charge is 2.36. The highest BCUT2D eigenvalue weighted by molar-refractivity contribution is 7.89. The lowest BCUT2D eigenvalue weighted by molar-refractivity contribution is -0.143. The predicted molar refractivity (Wildman–Crippen MR) is 71.4 cm³/mol. The van der Waals surface area contributed by atoms with Crippen LogP contribution in [-0.4, -0.2) is 66.2 Å². The van der Waals surface area contributed by atoms with Gasteiger partial charge in [0.15, 0.2) is 0 Å². The maximum atomic E-state index is 12.4. The Balaban J connectivity index is 1.94. The summed E-state index contributed by atoms with van der Waals surface area (Å²) in [5.41, 5.74) is 0. The van der Waals surface area contributed by atoms with E-state index in [9.17, 15) is 13.2 Å². The Kier molecular flexibility index (Phi) is 4.47. The third-order valence-electron chi connectivity index (χ3n) is 4.26. The van der Waals surface area contributed by atoms with Crippen LogP contribution in [0.15, 0.2) is 0 Å². The van der Waals surface area contributed by atoms with E-state index in [-0.39, 0.29) is 5.25 Å². The maximum absolute atomic E-state index is 12.4. The molecule has 6 nitrogen and oxygen atoms in total. The molecular weight excluding hydrogens is 268 g/mol. The summed E-state index contributed by atoms with van der Waals surface area (Å²) in [6.07, 6.45) is 3.54. The molecule has 1 aliphatic heterocycles. The number of carboxylic acid groups (broad SMARTS) is 1. The van der Waals surface area contributed by atoms with Gasteiger partial charge in [-0.25, -0.2) is 8.42 Å². The van der Waals surface area contributed by atoms with Crippen LogP contribution in [0, 0.1) is 0 Å². The highest BCUT2D eigenvalue weighted by Crippen LogP contribution is 2.27. The van der Waals surface area contributed by atoms with Crippen molar-refractivity contribution in [3.63, 3.8) is 0 Å². The average molecular weight is 290 g/mol. The third kappa shape index (κ3) is 3.09. The van der Waals surface area contributed by atoms with Gasteiger partial charge in [0.25, 0.3) is 0 Å². The number of hydrogen-bond acceptors (Lipinski definition) is 4. The molecule has 2 fully saturated rings. The standard InChI is InChI=1S/C12H22N2O4S/c1-10(12(15)16)13-6-8-14(9-7-13)19(17,18)11-4-2-3-5-11/h10-11H,2-9H2,1H3,(H,15,16). The van der Waals surface area contributed by atoms with Crippen molar-refractivity contribution in [1.82, 2.24) is 9.21 Å². The van der Waals surface area contributed by atoms with Crippen LogP contribution in [0.2, 0.25) is 0 Å². The maximum Gasteiger partial charge on any atom is 0.320 e. The largest absolute Gasteiger partial charge is 0.480 e. The molecule has 7 heteroatoms. The molecule has 0 aromatic carbocycles. The van der Waals surface area contributed by atoms with Crippen LogP contribution in [0.4, 0.5) is 0 Å². The van der Waals surface area contributed by atoms with Gasteiger partial charge < -0.3 is 5.11 Å². The topological polar surface area (TPSA) is 77.9 Å². The van der Waals surface area contributed by atoms with Gasteiger partial charge in [0.2, 0.25) is 10.0 Å². The summed E-state index contributed by atoms with van der Waals surface area (Å²) < 4.78 is 26.3. The van der Waals surface area contributed by atoms with Crippen molar-refractivity contribution in [3.8, 4) is 0 Å². The van der Waals surface area contributed by atoms with E-state index in [0.717, 1.165) is 25.7 Å². The van der Waals surface area contributed by atoms with E-state index in [1.807, 2.05) is 4.90 Å². The second-order valence-electron chi connectivity index (χ2n) is 5.40. The van der Waals surface area contributed by atoms with E-state index in [2.05, 4.69) is 0 Å². The Morgan fingerprint density at radius 3 is 2.16 bits per heavy atom.